The Morgan fingerprint density at radius 3 is 2.78 bits per heavy atom. The molecule has 1 amide bonds. The van der Waals surface area contributed by atoms with Crippen molar-refractivity contribution in [3.8, 4) is 17.2 Å². The van der Waals surface area contributed by atoms with Crippen molar-refractivity contribution >= 4 is 40.3 Å². The minimum absolute atomic E-state index is 0.0585. The number of esters is 1. The largest absolute Gasteiger partial charge is 0.495 e. The van der Waals surface area contributed by atoms with Gasteiger partial charge in [-0.25, -0.2) is 9.78 Å². The van der Waals surface area contributed by atoms with Gasteiger partial charge in [0.05, 0.1) is 38.0 Å². The molecule has 0 fully saturated rings. The highest BCUT2D eigenvalue weighted by molar-refractivity contribution is 6.32. The molecule has 2 aromatic carbocycles. The minimum Gasteiger partial charge on any atom is -0.495 e. The lowest BCUT2D eigenvalue weighted by atomic mass is 10.2. The summed E-state index contributed by atoms with van der Waals surface area (Å²) in [6.45, 7) is -0.0416. The molecule has 166 valence electrons. The number of nitrogens with zero attached hydrogens (tertiary/aromatic N) is 2. The van der Waals surface area contributed by atoms with Gasteiger partial charge in [0.1, 0.15) is 17.0 Å². The summed E-state index contributed by atoms with van der Waals surface area (Å²) < 4.78 is 15.8. The summed E-state index contributed by atoms with van der Waals surface area (Å²) in [5, 5.41) is 12.6. The van der Waals surface area contributed by atoms with Crippen molar-refractivity contribution in [2.24, 2.45) is 0 Å². The standard InChI is InChI=1S/C22H20ClN3O6/c1-30-17-5-3-12(9-15(17)23)20-25-16-10-13(4-6-18(16)32-20)24-19-14(22(29)31-2)11-26(7-8-27)21(19)28/h3-6,9-10,24,27H,7-8,11H2,1-2H3. The van der Waals surface area contributed by atoms with E-state index in [1.54, 1.807) is 36.4 Å². The smallest absolute Gasteiger partial charge is 0.337 e. The van der Waals surface area contributed by atoms with Crippen LogP contribution in [-0.2, 0) is 14.3 Å². The summed E-state index contributed by atoms with van der Waals surface area (Å²) in [4.78, 5) is 30.7. The van der Waals surface area contributed by atoms with Gasteiger partial charge in [-0.2, -0.15) is 0 Å². The Morgan fingerprint density at radius 2 is 2.09 bits per heavy atom. The molecular weight excluding hydrogens is 438 g/mol. The molecule has 1 aliphatic rings. The summed E-state index contributed by atoms with van der Waals surface area (Å²) in [7, 11) is 2.79. The molecule has 10 heteroatoms. The van der Waals surface area contributed by atoms with E-state index in [0.717, 1.165) is 0 Å². The third kappa shape index (κ3) is 4.00. The number of anilines is 1. The quantitative estimate of drug-likeness (QED) is 0.520. The summed E-state index contributed by atoms with van der Waals surface area (Å²) in [5.41, 5.74) is 2.62. The SMILES string of the molecule is COC(=O)C1=C(Nc2ccc3oc(-c4ccc(OC)c(Cl)c4)nc3c2)C(=O)N(CCO)C1. The van der Waals surface area contributed by atoms with E-state index < -0.39 is 11.9 Å². The van der Waals surface area contributed by atoms with Gasteiger partial charge in [0.25, 0.3) is 5.91 Å². The van der Waals surface area contributed by atoms with E-state index in [1.807, 2.05) is 0 Å². The topological polar surface area (TPSA) is 114 Å². The molecule has 32 heavy (non-hydrogen) atoms. The number of carbonyl (C=O) groups excluding carboxylic acids is 2. The maximum absolute atomic E-state index is 12.7. The van der Waals surface area contributed by atoms with Crippen molar-refractivity contribution in [3.05, 3.63) is 52.7 Å². The first-order valence-electron chi connectivity index (χ1n) is 9.68. The molecular formula is C22H20ClN3O6. The first kappa shape index (κ1) is 21.7. The third-order valence-corrected chi connectivity index (χ3v) is 5.30. The molecule has 3 aromatic rings. The summed E-state index contributed by atoms with van der Waals surface area (Å²) >= 11 is 6.20. The van der Waals surface area contributed by atoms with E-state index >= 15 is 0 Å². The average molecular weight is 458 g/mol. The zero-order valence-corrected chi connectivity index (χ0v) is 18.1. The zero-order chi connectivity index (χ0) is 22.8. The monoisotopic (exact) mass is 457 g/mol. The first-order chi connectivity index (χ1) is 15.4. The van der Waals surface area contributed by atoms with Crippen LogP contribution in [0.4, 0.5) is 5.69 Å². The second-order valence-electron chi connectivity index (χ2n) is 6.97. The number of fused-ring (bicyclic) bond motifs is 1. The fourth-order valence-electron chi connectivity index (χ4n) is 3.42. The van der Waals surface area contributed by atoms with Crippen LogP contribution in [-0.4, -0.2) is 60.8 Å². The Bertz CT molecular complexity index is 1240. The number of hydrogen-bond donors (Lipinski definition) is 2. The minimum atomic E-state index is -0.609. The lowest BCUT2D eigenvalue weighted by Crippen LogP contribution is -2.31. The second kappa shape index (κ2) is 8.89. The number of methoxy groups -OCH3 is 2. The van der Waals surface area contributed by atoms with Gasteiger partial charge >= 0.3 is 5.97 Å². The number of benzene rings is 2. The van der Waals surface area contributed by atoms with Crippen LogP contribution in [0.3, 0.4) is 0 Å². The van der Waals surface area contributed by atoms with Crippen molar-refractivity contribution in [1.29, 1.82) is 0 Å². The third-order valence-electron chi connectivity index (χ3n) is 5.01. The van der Waals surface area contributed by atoms with Gasteiger partial charge in [-0.1, -0.05) is 11.6 Å². The number of β-amino-alcohol motifs (C(OH)–C–C–N with tert-alkyl or cyclic N) is 1. The summed E-state index contributed by atoms with van der Waals surface area (Å²) in [5.74, 6) is -0.0814. The molecule has 0 bridgehead atoms. The Kier molecular flexibility index (Phi) is 6.02. The number of oxazole rings is 1. The fraction of sp³-hybridized carbons (Fsp3) is 0.227. The number of carbonyl (C=O) groups is 2. The van der Waals surface area contributed by atoms with Crippen LogP contribution in [0, 0.1) is 0 Å². The van der Waals surface area contributed by atoms with Crippen LogP contribution >= 0.6 is 11.6 Å². The Balaban J connectivity index is 1.64. The van der Waals surface area contributed by atoms with E-state index in [9.17, 15) is 14.7 Å². The Hall–Kier alpha value is -3.56. The highest BCUT2D eigenvalue weighted by atomic mass is 35.5. The van der Waals surface area contributed by atoms with Crippen molar-refractivity contribution < 1.29 is 28.6 Å². The molecule has 0 saturated heterocycles. The number of hydrogen-bond acceptors (Lipinski definition) is 8. The molecule has 0 saturated carbocycles. The molecule has 4 rings (SSSR count). The van der Waals surface area contributed by atoms with Crippen molar-refractivity contribution in [1.82, 2.24) is 9.88 Å². The summed E-state index contributed by atoms with van der Waals surface area (Å²) in [6.07, 6.45) is 0. The number of aliphatic hydroxyl groups is 1. The van der Waals surface area contributed by atoms with Crippen molar-refractivity contribution in [2.45, 2.75) is 0 Å². The molecule has 0 unspecified atom stereocenters. The number of aliphatic hydroxyl groups excluding tert-OH is 1. The molecule has 2 N–H and O–H groups in total. The van der Waals surface area contributed by atoms with Gasteiger partial charge in [-0.3, -0.25) is 4.79 Å². The van der Waals surface area contributed by atoms with Gasteiger partial charge in [-0.15, -0.1) is 0 Å². The highest BCUT2D eigenvalue weighted by Crippen LogP contribution is 2.32. The fourth-order valence-corrected chi connectivity index (χ4v) is 3.68. The number of rotatable bonds is 7. The normalized spacial score (nSPS) is 13.8. The van der Waals surface area contributed by atoms with Gasteiger partial charge in [0, 0.05) is 17.8 Å². The van der Waals surface area contributed by atoms with E-state index in [0.29, 0.717) is 39.0 Å². The van der Waals surface area contributed by atoms with Crippen LogP contribution in [0.2, 0.25) is 5.02 Å². The first-order valence-corrected chi connectivity index (χ1v) is 10.1. The van der Waals surface area contributed by atoms with E-state index in [1.165, 1.54) is 19.1 Å². The van der Waals surface area contributed by atoms with Gasteiger partial charge < -0.3 is 29.2 Å². The predicted molar refractivity (Wildman–Crippen MR) is 117 cm³/mol. The summed E-state index contributed by atoms with van der Waals surface area (Å²) in [6, 6.07) is 10.3. The predicted octanol–water partition coefficient (Wildman–Crippen LogP) is 2.83. The zero-order valence-electron chi connectivity index (χ0n) is 17.3. The van der Waals surface area contributed by atoms with Gasteiger partial charge in [0.2, 0.25) is 5.89 Å². The van der Waals surface area contributed by atoms with Crippen LogP contribution in [0.5, 0.6) is 5.75 Å². The number of nitrogens with one attached hydrogen (secondary N) is 1. The lowest BCUT2D eigenvalue weighted by Gasteiger charge is -2.14. The average Bonchev–Trinajstić information content (AvgIpc) is 3.35. The molecule has 2 heterocycles. The maximum Gasteiger partial charge on any atom is 0.337 e. The molecule has 1 aromatic heterocycles. The van der Waals surface area contributed by atoms with Crippen LogP contribution in [0.1, 0.15) is 0 Å². The maximum atomic E-state index is 12.7. The molecule has 0 aliphatic carbocycles. The molecule has 0 spiro atoms. The van der Waals surface area contributed by atoms with Crippen LogP contribution in [0.25, 0.3) is 22.6 Å². The van der Waals surface area contributed by atoms with Gasteiger partial charge in [-0.05, 0) is 36.4 Å². The van der Waals surface area contributed by atoms with Crippen molar-refractivity contribution in [3.63, 3.8) is 0 Å². The van der Waals surface area contributed by atoms with Crippen LogP contribution in [0.15, 0.2) is 52.1 Å². The number of amides is 1. The Labute approximate surface area is 188 Å². The number of halogens is 1. The van der Waals surface area contributed by atoms with E-state index in [-0.39, 0.29) is 31.0 Å². The van der Waals surface area contributed by atoms with Crippen molar-refractivity contribution in [2.75, 3.05) is 39.2 Å². The second-order valence-corrected chi connectivity index (χ2v) is 7.38. The van der Waals surface area contributed by atoms with E-state index in [2.05, 4.69) is 10.3 Å². The highest BCUT2D eigenvalue weighted by Gasteiger charge is 2.34. The molecule has 1 aliphatic heterocycles. The Morgan fingerprint density at radius 1 is 1.28 bits per heavy atom. The number of ether oxygens (including phenoxy) is 2. The van der Waals surface area contributed by atoms with Gasteiger partial charge in [0.15, 0.2) is 5.58 Å². The molecule has 0 atom stereocenters. The lowest BCUT2D eigenvalue weighted by molar-refractivity contribution is -0.136. The van der Waals surface area contributed by atoms with Crippen LogP contribution < -0.4 is 10.1 Å². The van der Waals surface area contributed by atoms with E-state index in [4.69, 9.17) is 25.5 Å². The molecule has 9 nitrogen and oxygen atoms in total. The number of aromatic nitrogens is 1. The molecule has 0 radical (unpaired) electrons.